The molecule has 4 nitrogen and oxygen atoms in total. The Morgan fingerprint density at radius 3 is 2.45 bits per heavy atom. The van der Waals surface area contributed by atoms with Crippen LogP contribution in [-0.2, 0) is 0 Å². The molecule has 1 fully saturated rings. The van der Waals surface area contributed by atoms with E-state index in [9.17, 15) is 5.26 Å². The summed E-state index contributed by atoms with van der Waals surface area (Å²) in [6.07, 6.45) is 4.93. The highest BCUT2D eigenvalue weighted by molar-refractivity contribution is 6.30. The van der Waals surface area contributed by atoms with Gasteiger partial charge in [-0.1, -0.05) is 49.9 Å². The van der Waals surface area contributed by atoms with E-state index in [1.807, 2.05) is 37.3 Å². The largest absolute Gasteiger partial charge is 0.492 e. The number of benzene rings is 2. The molecule has 0 radical (unpaired) electrons. The van der Waals surface area contributed by atoms with E-state index in [-0.39, 0.29) is 0 Å². The smallest absolute Gasteiger partial charge is 0.119 e. The molecule has 0 spiro atoms. The van der Waals surface area contributed by atoms with Crippen LogP contribution in [-0.4, -0.2) is 49.1 Å². The standard InChI is InChI=1S/C26H34ClN3O/c1-3-4-5-6-26(22-7-8-23(20-28)21(2)19-22)30-15-13-29(14-16-30)17-18-31-25-11-9-24(27)10-12-25/h7-12,19,26H,3-6,13-18H2,1-2H3. The van der Waals surface area contributed by atoms with Gasteiger partial charge in [0.2, 0.25) is 0 Å². The number of halogens is 1. The van der Waals surface area contributed by atoms with Crippen molar-refractivity contribution in [3.8, 4) is 11.8 Å². The summed E-state index contributed by atoms with van der Waals surface area (Å²) in [5.41, 5.74) is 3.21. The van der Waals surface area contributed by atoms with E-state index in [1.165, 1.54) is 31.2 Å². The molecule has 2 aromatic rings. The number of hydrogen-bond donors (Lipinski definition) is 0. The fourth-order valence-corrected chi connectivity index (χ4v) is 4.42. The average Bonchev–Trinajstić information content (AvgIpc) is 2.79. The first-order chi connectivity index (χ1) is 15.1. The number of rotatable bonds is 10. The van der Waals surface area contributed by atoms with Crippen LogP contribution in [0.4, 0.5) is 0 Å². The minimum atomic E-state index is 0.436. The second kappa shape index (κ2) is 12.1. The molecule has 0 aliphatic carbocycles. The summed E-state index contributed by atoms with van der Waals surface area (Å²) in [4.78, 5) is 5.12. The summed E-state index contributed by atoms with van der Waals surface area (Å²) < 4.78 is 5.87. The van der Waals surface area contributed by atoms with Gasteiger partial charge in [0.05, 0.1) is 11.6 Å². The Bertz CT molecular complexity index is 854. The lowest BCUT2D eigenvalue weighted by Gasteiger charge is -2.39. The Morgan fingerprint density at radius 1 is 1.06 bits per heavy atom. The van der Waals surface area contributed by atoms with Crippen molar-refractivity contribution >= 4 is 11.6 Å². The van der Waals surface area contributed by atoms with E-state index in [0.29, 0.717) is 12.6 Å². The molecule has 1 unspecified atom stereocenters. The predicted octanol–water partition coefficient (Wildman–Crippen LogP) is 5.84. The summed E-state index contributed by atoms with van der Waals surface area (Å²) in [6, 6.07) is 16.7. The number of piperazine rings is 1. The highest BCUT2D eigenvalue weighted by Gasteiger charge is 2.25. The Morgan fingerprint density at radius 2 is 1.81 bits per heavy atom. The Hall–Kier alpha value is -2.06. The van der Waals surface area contributed by atoms with Gasteiger partial charge in [0, 0.05) is 43.8 Å². The maximum absolute atomic E-state index is 9.27. The molecule has 0 saturated carbocycles. The molecule has 1 heterocycles. The maximum atomic E-state index is 9.27. The first-order valence-corrected chi connectivity index (χ1v) is 11.8. The van der Waals surface area contributed by atoms with E-state index in [4.69, 9.17) is 16.3 Å². The summed E-state index contributed by atoms with van der Waals surface area (Å²) in [5, 5.41) is 10.0. The lowest BCUT2D eigenvalue weighted by atomic mass is 9.95. The summed E-state index contributed by atoms with van der Waals surface area (Å²) in [7, 11) is 0. The van der Waals surface area contributed by atoms with Gasteiger partial charge >= 0.3 is 0 Å². The van der Waals surface area contributed by atoms with Crippen molar-refractivity contribution < 1.29 is 4.74 Å². The first-order valence-electron chi connectivity index (χ1n) is 11.5. The Kier molecular flexibility index (Phi) is 9.21. The van der Waals surface area contributed by atoms with Gasteiger partial charge in [-0.15, -0.1) is 0 Å². The van der Waals surface area contributed by atoms with Crippen LogP contribution in [0.3, 0.4) is 0 Å². The molecule has 1 saturated heterocycles. The highest BCUT2D eigenvalue weighted by atomic mass is 35.5. The molecule has 1 aliphatic rings. The summed E-state index contributed by atoms with van der Waals surface area (Å²) >= 11 is 5.93. The molecule has 1 aliphatic heterocycles. The number of nitriles is 1. The van der Waals surface area contributed by atoms with Crippen molar-refractivity contribution in [3.63, 3.8) is 0 Å². The minimum Gasteiger partial charge on any atom is -0.492 e. The zero-order valence-electron chi connectivity index (χ0n) is 18.8. The van der Waals surface area contributed by atoms with E-state index >= 15 is 0 Å². The van der Waals surface area contributed by atoms with Crippen LogP contribution in [0.1, 0.15) is 55.3 Å². The monoisotopic (exact) mass is 439 g/mol. The van der Waals surface area contributed by atoms with Gasteiger partial charge in [0.25, 0.3) is 0 Å². The maximum Gasteiger partial charge on any atom is 0.119 e. The van der Waals surface area contributed by atoms with Crippen LogP contribution in [0.15, 0.2) is 42.5 Å². The van der Waals surface area contributed by atoms with E-state index in [2.05, 4.69) is 34.9 Å². The molecule has 31 heavy (non-hydrogen) atoms. The number of hydrogen-bond acceptors (Lipinski definition) is 4. The zero-order chi connectivity index (χ0) is 22.1. The van der Waals surface area contributed by atoms with Crippen LogP contribution in [0.2, 0.25) is 5.02 Å². The molecule has 0 N–H and O–H groups in total. The average molecular weight is 440 g/mol. The van der Waals surface area contributed by atoms with Crippen molar-refractivity contribution in [2.75, 3.05) is 39.3 Å². The topological polar surface area (TPSA) is 39.5 Å². The molecular formula is C26H34ClN3O. The number of aryl methyl sites for hydroxylation is 1. The summed E-state index contributed by atoms with van der Waals surface area (Å²) in [6.45, 7) is 10.2. The molecular weight excluding hydrogens is 406 g/mol. The molecule has 5 heteroatoms. The SMILES string of the molecule is CCCCCC(c1ccc(C#N)c(C)c1)N1CCN(CCOc2ccc(Cl)cc2)CC1. The van der Waals surface area contributed by atoms with Gasteiger partial charge in [-0.25, -0.2) is 0 Å². The van der Waals surface area contributed by atoms with Gasteiger partial charge < -0.3 is 4.74 Å². The van der Waals surface area contributed by atoms with Gasteiger partial charge in [0.15, 0.2) is 0 Å². The van der Waals surface area contributed by atoms with Crippen molar-refractivity contribution in [2.45, 2.75) is 45.6 Å². The molecule has 3 rings (SSSR count). The fourth-order valence-electron chi connectivity index (χ4n) is 4.29. The third kappa shape index (κ3) is 6.97. The van der Waals surface area contributed by atoms with Crippen LogP contribution in [0.25, 0.3) is 0 Å². The van der Waals surface area contributed by atoms with Crippen LogP contribution >= 0.6 is 11.6 Å². The second-order valence-corrected chi connectivity index (χ2v) is 8.81. The van der Waals surface area contributed by atoms with E-state index in [1.54, 1.807) is 0 Å². The van der Waals surface area contributed by atoms with Crippen LogP contribution in [0, 0.1) is 18.3 Å². The number of ether oxygens (including phenoxy) is 1. The first kappa shape index (κ1) is 23.6. The predicted molar refractivity (Wildman–Crippen MR) is 128 cm³/mol. The lowest BCUT2D eigenvalue weighted by molar-refractivity contribution is 0.0817. The van der Waals surface area contributed by atoms with E-state index in [0.717, 1.165) is 54.6 Å². The third-order valence-electron chi connectivity index (χ3n) is 6.17. The van der Waals surface area contributed by atoms with Crippen molar-refractivity contribution in [2.24, 2.45) is 0 Å². The molecule has 1 atom stereocenters. The van der Waals surface area contributed by atoms with Gasteiger partial charge in [-0.05, 0) is 54.8 Å². The Balaban J connectivity index is 1.54. The minimum absolute atomic E-state index is 0.436. The highest BCUT2D eigenvalue weighted by Crippen LogP contribution is 2.29. The molecule has 166 valence electrons. The molecule has 0 amide bonds. The lowest BCUT2D eigenvalue weighted by Crippen LogP contribution is -2.48. The normalized spacial score (nSPS) is 16.1. The molecule has 2 aromatic carbocycles. The van der Waals surface area contributed by atoms with Crippen LogP contribution in [0.5, 0.6) is 5.75 Å². The van der Waals surface area contributed by atoms with Gasteiger partial charge in [-0.2, -0.15) is 5.26 Å². The quantitative estimate of drug-likeness (QED) is 0.436. The number of unbranched alkanes of at least 4 members (excludes halogenated alkanes) is 2. The second-order valence-electron chi connectivity index (χ2n) is 8.38. The number of nitrogens with zero attached hydrogens (tertiary/aromatic N) is 3. The van der Waals surface area contributed by atoms with Crippen molar-refractivity contribution in [1.82, 2.24) is 9.80 Å². The van der Waals surface area contributed by atoms with Gasteiger partial charge in [0.1, 0.15) is 12.4 Å². The summed E-state index contributed by atoms with van der Waals surface area (Å²) in [5.74, 6) is 0.871. The zero-order valence-corrected chi connectivity index (χ0v) is 19.6. The molecule has 0 aromatic heterocycles. The third-order valence-corrected chi connectivity index (χ3v) is 6.43. The Labute approximate surface area is 192 Å². The molecule has 0 bridgehead atoms. The van der Waals surface area contributed by atoms with Crippen molar-refractivity contribution in [3.05, 3.63) is 64.2 Å². The van der Waals surface area contributed by atoms with Gasteiger partial charge in [-0.3, -0.25) is 9.80 Å². The fraction of sp³-hybridized carbons (Fsp3) is 0.500. The van der Waals surface area contributed by atoms with Crippen molar-refractivity contribution in [1.29, 1.82) is 5.26 Å². The van der Waals surface area contributed by atoms with E-state index < -0.39 is 0 Å². The van der Waals surface area contributed by atoms with Crippen LogP contribution < -0.4 is 4.74 Å².